The lowest BCUT2D eigenvalue weighted by Crippen LogP contribution is -2.16. The van der Waals surface area contributed by atoms with Gasteiger partial charge in [0.05, 0.1) is 18.4 Å². The van der Waals surface area contributed by atoms with Crippen LogP contribution in [0, 0.1) is 20.8 Å². The molecule has 0 bridgehead atoms. The molecule has 0 fully saturated rings. The average Bonchev–Trinajstić information content (AvgIpc) is 2.54. The summed E-state index contributed by atoms with van der Waals surface area (Å²) in [4.78, 5) is 12.0. The van der Waals surface area contributed by atoms with Gasteiger partial charge in [0.15, 0.2) is 0 Å². The molecule has 5 heteroatoms. The molecule has 2 aromatic rings. The molecule has 0 saturated heterocycles. The van der Waals surface area contributed by atoms with Crippen LogP contribution in [0.2, 0.25) is 0 Å². The van der Waals surface area contributed by atoms with E-state index in [-0.39, 0.29) is 5.97 Å². The molecule has 0 amide bonds. The summed E-state index contributed by atoms with van der Waals surface area (Å²) in [5.41, 5.74) is 4.44. The van der Waals surface area contributed by atoms with Gasteiger partial charge in [-0.05, 0) is 65.5 Å². The van der Waals surface area contributed by atoms with Gasteiger partial charge in [-0.25, -0.2) is 4.79 Å². The predicted octanol–water partition coefficient (Wildman–Crippen LogP) is 4.65. The maximum absolute atomic E-state index is 12.0. The van der Waals surface area contributed by atoms with Crippen molar-refractivity contribution >= 4 is 27.6 Å². The van der Waals surface area contributed by atoms with E-state index in [2.05, 4.69) is 21.2 Å². The lowest BCUT2D eigenvalue weighted by molar-refractivity contribution is 0.0601. The molecule has 0 saturated carbocycles. The molecule has 0 unspecified atom stereocenters. The number of carbonyl (C=O) groups is 1. The Morgan fingerprint density at radius 2 is 1.83 bits per heavy atom. The SMILES string of the molecule is COC(=O)c1cc(C)cc(Br)c1NCCOc1c(C)cccc1C. The molecule has 0 heterocycles. The van der Waals surface area contributed by atoms with Gasteiger partial charge in [0.2, 0.25) is 0 Å². The largest absolute Gasteiger partial charge is 0.491 e. The number of hydrogen-bond donors (Lipinski definition) is 1. The summed E-state index contributed by atoms with van der Waals surface area (Å²) < 4.78 is 11.6. The van der Waals surface area contributed by atoms with E-state index in [1.165, 1.54) is 7.11 Å². The van der Waals surface area contributed by atoms with Crippen molar-refractivity contribution < 1.29 is 14.3 Å². The number of ether oxygens (including phenoxy) is 2. The summed E-state index contributed by atoms with van der Waals surface area (Å²) in [7, 11) is 1.38. The number of methoxy groups -OCH3 is 1. The Labute approximate surface area is 151 Å². The summed E-state index contributed by atoms with van der Waals surface area (Å²) in [6.45, 7) is 7.06. The van der Waals surface area contributed by atoms with Crippen LogP contribution in [0.5, 0.6) is 5.75 Å². The first-order chi connectivity index (χ1) is 11.4. The molecule has 2 rings (SSSR count). The highest BCUT2D eigenvalue weighted by atomic mass is 79.9. The van der Waals surface area contributed by atoms with Gasteiger partial charge in [0.1, 0.15) is 12.4 Å². The maximum atomic E-state index is 12.0. The van der Waals surface area contributed by atoms with Gasteiger partial charge < -0.3 is 14.8 Å². The number of hydrogen-bond acceptors (Lipinski definition) is 4. The molecule has 4 nitrogen and oxygen atoms in total. The summed E-state index contributed by atoms with van der Waals surface area (Å²) in [5.74, 6) is 0.549. The van der Waals surface area contributed by atoms with Crippen molar-refractivity contribution in [2.45, 2.75) is 20.8 Å². The van der Waals surface area contributed by atoms with E-state index in [1.807, 2.05) is 51.1 Å². The van der Waals surface area contributed by atoms with Gasteiger partial charge in [0, 0.05) is 11.0 Å². The van der Waals surface area contributed by atoms with Crippen molar-refractivity contribution in [1.82, 2.24) is 0 Å². The molecule has 0 spiro atoms. The van der Waals surface area contributed by atoms with Gasteiger partial charge in [-0.3, -0.25) is 0 Å². The zero-order valence-electron chi connectivity index (χ0n) is 14.4. The zero-order chi connectivity index (χ0) is 17.7. The minimum absolute atomic E-state index is 0.363. The minimum Gasteiger partial charge on any atom is -0.491 e. The number of halogens is 1. The lowest BCUT2D eigenvalue weighted by atomic mass is 10.1. The lowest BCUT2D eigenvalue weighted by Gasteiger charge is -2.16. The monoisotopic (exact) mass is 391 g/mol. The Hall–Kier alpha value is -2.01. The highest BCUT2D eigenvalue weighted by Gasteiger charge is 2.15. The molecule has 1 N–H and O–H groups in total. The fraction of sp³-hybridized carbons (Fsp3) is 0.316. The molecule has 0 aliphatic carbocycles. The topological polar surface area (TPSA) is 47.6 Å². The standard InChI is InChI=1S/C19H22BrNO3/c1-12-10-15(19(22)23-4)17(16(20)11-12)21-8-9-24-18-13(2)6-5-7-14(18)3/h5-7,10-11,21H,8-9H2,1-4H3. The average molecular weight is 392 g/mol. The second kappa shape index (κ2) is 8.20. The Morgan fingerprint density at radius 1 is 1.17 bits per heavy atom. The van der Waals surface area contributed by atoms with Crippen LogP contribution < -0.4 is 10.1 Å². The number of carbonyl (C=O) groups excluding carboxylic acids is 1. The van der Waals surface area contributed by atoms with Crippen molar-refractivity contribution in [3.8, 4) is 5.75 Å². The fourth-order valence-electron chi connectivity index (χ4n) is 2.55. The summed E-state index contributed by atoms with van der Waals surface area (Å²) in [6.07, 6.45) is 0. The van der Waals surface area contributed by atoms with E-state index in [0.29, 0.717) is 18.7 Å². The third-order valence-electron chi connectivity index (χ3n) is 3.70. The molecule has 0 aromatic heterocycles. The van der Waals surface area contributed by atoms with Crippen LogP contribution in [0.1, 0.15) is 27.0 Å². The van der Waals surface area contributed by atoms with Gasteiger partial charge in [-0.15, -0.1) is 0 Å². The quantitative estimate of drug-likeness (QED) is 0.574. The van der Waals surface area contributed by atoms with Crippen LogP contribution in [-0.2, 0) is 4.74 Å². The molecule has 24 heavy (non-hydrogen) atoms. The van der Waals surface area contributed by atoms with Crippen molar-refractivity contribution in [3.05, 3.63) is 57.1 Å². The van der Waals surface area contributed by atoms with Crippen LogP contribution in [0.3, 0.4) is 0 Å². The van der Waals surface area contributed by atoms with Crippen LogP contribution in [-0.4, -0.2) is 26.2 Å². The molecule has 0 radical (unpaired) electrons. The van der Waals surface area contributed by atoms with Crippen molar-refractivity contribution in [2.24, 2.45) is 0 Å². The number of rotatable bonds is 6. The number of nitrogens with one attached hydrogen (secondary N) is 1. The highest BCUT2D eigenvalue weighted by Crippen LogP contribution is 2.29. The first-order valence-electron chi connectivity index (χ1n) is 7.75. The second-order valence-corrected chi connectivity index (χ2v) is 6.51. The minimum atomic E-state index is -0.363. The molecule has 0 aliphatic heterocycles. The molecular weight excluding hydrogens is 370 g/mol. The van der Waals surface area contributed by atoms with Crippen LogP contribution in [0.25, 0.3) is 0 Å². The van der Waals surface area contributed by atoms with Gasteiger partial charge in [0.25, 0.3) is 0 Å². The predicted molar refractivity (Wildman–Crippen MR) is 100 cm³/mol. The van der Waals surface area contributed by atoms with E-state index in [1.54, 1.807) is 0 Å². The number of para-hydroxylation sites is 1. The first kappa shape index (κ1) is 18.3. The second-order valence-electron chi connectivity index (χ2n) is 5.66. The maximum Gasteiger partial charge on any atom is 0.340 e. The van der Waals surface area contributed by atoms with Crippen molar-refractivity contribution in [1.29, 1.82) is 0 Å². The van der Waals surface area contributed by atoms with E-state index in [9.17, 15) is 4.79 Å². The summed E-state index contributed by atoms with van der Waals surface area (Å²) in [6, 6.07) is 9.84. The number of benzene rings is 2. The van der Waals surface area contributed by atoms with Gasteiger partial charge >= 0.3 is 5.97 Å². The highest BCUT2D eigenvalue weighted by molar-refractivity contribution is 9.10. The Bertz CT molecular complexity index is 723. The van der Waals surface area contributed by atoms with Crippen molar-refractivity contribution in [3.63, 3.8) is 0 Å². The molecule has 128 valence electrons. The van der Waals surface area contributed by atoms with E-state index in [0.717, 1.165) is 32.6 Å². The number of anilines is 1. The molecular formula is C19H22BrNO3. The van der Waals surface area contributed by atoms with Crippen LogP contribution >= 0.6 is 15.9 Å². The normalized spacial score (nSPS) is 10.4. The zero-order valence-corrected chi connectivity index (χ0v) is 16.0. The fourth-order valence-corrected chi connectivity index (χ4v) is 3.26. The third-order valence-corrected chi connectivity index (χ3v) is 4.32. The smallest absolute Gasteiger partial charge is 0.340 e. The Kier molecular flexibility index (Phi) is 6.26. The summed E-state index contributed by atoms with van der Waals surface area (Å²) >= 11 is 3.50. The molecule has 2 aromatic carbocycles. The van der Waals surface area contributed by atoms with Crippen molar-refractivity contribution in [2.75, 3.05) is 25.6 Å². The van der Waals surface area contributed by atoms with Crippen LogP contribution in [0.4, 0.5) is 5.69 Å². The Morgan fingerprint density at radius 3 is 2.46 bits per heavy atom. The third kappa shape index (κ3) is 4.29. The van der Waals surface area contributed by atoms with Gasteiger partial charge in [-0.2, -0.15) is 0 Å². The van der Waals surface area contributed by atoms with E-state index >= 15 is 0 Å². The van der Waals surface area contributed by atoms with Gasteiger partial charge in [-0.1, -0.05) is 18.2 Å². The Balaban J connectivity index is 2.06. The van der Waals surface area contributed by atoms with E-state index < -0.39 is 0 Å². The number of esters is 1. The van der Waals surface area contributed by atoms with E-state index in [4.69, 9.17) is 9.47 Å². The summed E-state index contributed by atoms with van der Waals surface area (Å²) in [5, 5.41) is 3.26. The molecule has 0 aliphatic rings. The van der Waals surface area contributed by atoms with Crippen LogP contribution in [0.15, 0.2) is 34.8 Å². The first-order valence-corrected chi connectivity index (χ1v) is 8.54. The molecule has 0 atom stereocenters. The number of aryl methyl sites for hydroxylation is 3.